The molecule has 2 aliphatic carbocycles. The molecule has 1 N–H and O–H groups in total. The highest BCUT2D eigenvalue weighted by molar-refractivity contribution is 7.91. The predicted octanol–water partition coefficient (Wildman–Crippen LogP) is 4.52. The fourth-order valence-electron chi connectivity index (χ4n) is 5.05. The molecule has 2 aliphatic rings. The first kappa shape index (κ1) is 25.5. The molecule has 2 saturated carbocycles. The van der Waals surface area contributed by atoms with Crippen molar-refractivity contribution in [3.05, 3.63) is 64.1 Å². The largest absolute Gasteiger partial charge is 0.359 e. The van der Waals surface area contributed by atoms with Gasteiger partial charge in [0.2, 0.25) is 0 Å². The molecule has 4 aromatic rings. The molecule has 1 atom stereocenters. The van der Waals surface area contributed by atoms with E-state index in [1.165, 1.54) is 0 Å². The van der Waals surface area contributed by atoms with Crippen molar-refractivity contribution in [2.75, 3.05) is 11.1 Å². The Morgan fingerprint density at radius 2 is 1.79 bits per heavy atom. The van der Waals surface area contributed by atoms with Crippen LogP contribution >= 0.6 is 0 Å². The number of aromatic nitrogens is 6. The van der Waals surface area contributed by atoms with Crippen LogP contribution in [-0.4, -0.2) is 43.7 Å². The van der Waals surface area contributed by atoms with Crippen molar-refractivity contribution in [3.8, 4) is 11.4 Å². The Balaban J connectivity index is 1.39. The first-order chi connectivity index (χ1) is 18.8. The molecule has 0 amide bonds. The third-order valence-electron chi connectivity index (χ3n) is 7.80. The quantitative estimate of drug-likeness (QED) is 0.339. The van der Waals surface area contributed by atoms with Gasteiger partial charge >= 0.3 is 0 Å². The smallest absolute Gasteiger partial charge is 0.295 e. The lowest BCUT2D eigenvalue weighted by Crippen LogP contribution is -2.33. The van der Waals surface area contributed by atoms with E-state index in [9.17, 15) is 13.2 Å². The Bertz CT molecular complexity index is 1730. The fraction of sp³-hybridized carbons (Fsp3) is 0.429. The van der Waals surface area contributed by atoms with E-state index in [1.807, 2.05) is 13.8 Å². The molecule has 2 fully saturated rings. The molecule has 11 heteroatoms. The molecule has 1 aromatic carbocycles. The van der Waals surface area contributed by atoms with Crippen LogP contribution in [-0.2, 0) is 9.84 Å². The number of benzene rings is 1. The van der Waals surface area contributed by atoms with Crippen molar-refractivity contribution >= 4 is 26.8 Å². The predicted molar refractivity (Wildman–Crippen MR) is 148 cm³/mol. The first-order valence-electron chi connectivity index (χ1n) is 13.5. The van der Waals surface area contributed by atoms with Gasteiger partial charge in [-0.3, -0.25) is 9.36 Å². The second kappa shape index (κ2) is 9.78. The van der Waals surface area contributed by atoms with Crippen LogP contribution in [0.4, 0.5) is 5.82 Å². The van der Waals surface area contributed by atoms with Crippen LogP contribution < -0.4 is 10.9 Å². The molecule has 0 radical (unpaired) electrons. The normalized spacial score (nSPS) is 16.7. The molecule has 10 nitrogen and oxygen atoms in total. The maximum Gasteiger partial charge on any atom is 0.295 e. The minimum absolute atomic E-state index is 0.0460. The van der Waals surface area contributed by atoms with E-state index in [2.05, 4.69) is 25.3 Å². The maximum atomic E-state index is 13.8. The van der Waals surface area contributed by atoms with Crippen LogP contribution in [0.25, 0.3) is 22.6 Å². The summed E-state index contributed by atoms with van der Waals surface area (Å²) in [4.78, 5) is 37.2. The van der Waals surface area contributed by atoms with Gasteiger partial charge in [0, 0.05) is 12.0 Å². The number of aryl methyl sites for hydroxylation is 1. The maximum absolute atomic E-state index is 13.8. The lowest BCUT2D eigenvalue weighted by molar-refractivity contribution is 0.313. The van der Waals surface area contributed by atoms with E-state index in [1.54, 1.807) is 48.3 Å². The zero-order valence-corrected chi connectivity index (χ0v) is 23.1. The molecule has 39 heavy (non-hydrogen) atoms. The van der Waals surface area contributed by atoms with Gasteiger partial charge in [0.1, 0.15) is 11.8 Å². The summed E-state index contributed by atoms with van der Waals surface area (Å²) in [5.41, 5.74) is 4.31. The number of nitrogens with one attached hydrogen (secondary N) is 1. The zero-order chi connectivity index (χ0) is 27.3. The van der Waals surface area contributed by atoms with E-state index in [0.29, 0.717) is 22.9 Å². The van der Waals surface area contributed by atoms with Gasteiger partial charge in [0.05, 0.1) is 39.8 Å². The van der Waals surface area contributed by atoms with Gasteiger partial charge in [-0.05, 0) is 63.6 Å². The number of hydrogen-bond acceptors (Lipinski definition) is 9. The van der Waals surface area contributed by atoms with Gasteiger partial charge in [0.25, 0.3) is 5.56 Å². The average Bonchev–Trinajstić information content (AvgIpc) is 3.75. The molecule has 0 unspecified atom stereocenters. The van der Waals surface area contributed by atoms with E-state index in [4.69, 9.17) is 4.98 Å². The molecular weight excluding hydrogens is 514 g/mol. The van der Waals surface area contributed by atoms with Gasteiger partial charge in [-0.1, -0.05) is 19.1 Å². The molecule has 6 rings (SSSR count). The van der Waals surface area contributed by atoms with Crippen molar-refractivity contribution < 1.29 is 8.42 Å². The molecule has 0 bridgehead atoms. The Kier molecular flexibility index (Phi) is 6.41. The minimum Gasteiger partial charge on any atom is -0.359 e. The van der Waals surface area contributed by atoms with Gasteiger partial charge in [-0.15, -0.1) is 0 Å². The monoisotopic (exact) mass is 545 g/mol. The van der Waals surface area contributed by atoms with E-state index >= 15 is 0 Å². The SMILES string of the molecule is CCS(=O)(=O)c1ccc([C@@H](C)Nc2nc3cnc(-c4c(C)ncnc4C4CC4)nc3n(C3CCC3)c2=O)cc1. The number of fused-ring (bicyclic) bond motifs is 1. The van der Waals surface area contributed by atoms with Crippen molar-refractivity contribution in [3.63, 3.8) is 0 Å². The van der Waals surface area contributed by atoms with Crippen molar-refractivity contribution in [1.29, 1.82) is 0 Å². The summed E-state index contributed by atoms with van der Waals surface area (Å²) in [7, 11) is -3.28. The highest BCUT2D eigenvalue weighted by Crippen LogP contribution is 2.43. The third-order valence-corrected chi connectivity index (χ3v) is 9.55. The summed E-state index contributed by atoms with van der Waals surface area (Å²) >= 11 is 0. The molecule has 3 aromatic heterocycles. The fourth-order valence-corrected chi connectivity index (χ4v) is 5.94. The molecule has 0 saturated heterocycles. The topological polar surface area (TPSA) is 133 Å². The Hall–Kier alpha value is -3.73. The number of sulfone groups is 1. The average molecular weight is 546 g/mol. The van der Waals surface area contributed by atoms with Crippen LogP contribution in [0.5, 0.6) is 0 Å². The minimum atomic E-state index is -3.28. The summed E-state index contributed by atoms with van der Waals surface area (Å²) in [6, 6.07) is 6.52. The lowest BCUT2D eigenvalue weighted by Gasteiger charge is -2.29. The number of hydrogen-bond donors (Lipinski definition) is 1. The van der Waals surface area contributed by atoms with Crippen molar-refractivity contribution in [2.45, 2.75) is 75.8 Å². The second-order valence-corrected chi connectivity index (χ2v) is 12.7. The van der Waals surface area contributed by atoms with Gasteiger partial charge in [0.15, 0.2) is 27.1 Å². The highest BCUT2D eigenvalue weighted by atomic mass is 32.2. The molecule has 202 valence electrons. The first-order valence-corrected chi connectivity index (χ1v) is 15.1. The Morgan fingerprint density at radius 3 is 2.44 bits per heavy atom. The Labute approximate surface area is 226 Å². The van der Waals surface area contributed by atoms with E-state index < -0.39 is 9.84 Å². The molecule has 0 spiro atoms. The highest BCUT2D eigenvalue weighted by Gasteiger charge is 2.31. The van der Waals surface area contributed by atoms with Crippen molar-refractivity contribution in [2.24, 2.45) is 0 Å². The van der Waals surface area contributed by atoms with Gasteiger partial charge in [-0.25, -0.2) is 33.3 Å². The summed E-state index contributed by atoms with van der Waals surface area (Å²) in [6.07, 6.45) is 8.32. The summed E-state index contributed by atoms with van der Waals surface area (Å²) in [5.74, 6) is 1.19. The summed E-state index contributed by atoms with van der Waals surface area (Å²) < 4.78 is 26.1. The number of nitrogens with zero attached hydrogens (tertiary/aromatic N) is 6. The molecule has 0 aliphatic heterocycles. The van der Waals surface area contributed by atoms with E-state index in [-0.39, 0.29) is 34.1 Å². The standard InChI is InChI=1S/C28H31N7O3S/c1-4-39(37,38)21-12-10-18(11-13-21)16(2)32-26-28(36)35(20-6-5-7-20)27-22(33-26)14-29-25(34-27)23-17(3)30-15-31-24(23)19-8-9-19/h10-16,19-20H,4-9H2,1-3H3,(H,32,33)/t16-/m1/s1. The summed E-state index contributed by atoms with van der Waals surface area (Å²) in [6.45, 7) is 5.48. The van der Waals surface area contributed by atoms with Crippen LogP contribution in [0.15, 0.2) is 46.5 Å². The third kappa shape index (κ3) is 4.69. The number of anilines is 1. The lowest BCUT2D eigenvalue weighted by atomic mass is 9.93. The van der Waals surface area contributed by atoms with Crippen LogP contribution in [0.2, 0.25) is 0 Å². The number of rotatable bonds is 8. The second-order valence-electron chi connectivity index (χ2n) is 10.5. The van der Waals surface area contributed by atoms with Gasteiger partial charge < -0.3 is 5.32 Å². The van der Waals surface area contributed by atoms with Crippen LogP contribution in [0.3, 0.4) is 0 Å². The molecule has 3 heterocycles. The van der Waals surface area contributed by atoms with Crippen LogP contribution in [0.1, 0.15) is 80.9 Å². The van der Waals surface area contributed by atoms with Crippen molar-refractivity contribution in [1.82, 2.24) is 29.5 Å². The van der Waals surface area contributed by atoms with Crippen LogP contribution in [0, 0.1) is 6.92 Å². The van der Waals surface area contributed by atoms with E-state index in [0.717, 1.165) is 54.6 Å². The Morgan fingerprint density at radius 1 is 1.05 bits per heavy atom. The molecular formula is C28H31N7O3S. The van der Waals surface area contributed by atoms with Gasteiger partial charge in [-0.2, -0.15) is 0 Å². The summed E-state index contributed by atoms with van der Waals surface area (Å²) in [5, 5.41) is 3.25. The zero-order valence-electron chi connectivity index (χ0n) is 22.3.